The molecular formula is C25H30N2O4. The topological polar surface area (TPSA) is 77.5 Å². The van der Waals surface area contributed by atoms with Gasteiger partial charge in [0.15, 0.2) is 11.4 Å². The van der Waals surface area contributed by atoms with Crippen LogP contribution in [-0.2, 0) is 16.1 Å². The van der Waals surface area contributed by atoms with Crippen LogP contribution in [0.3, 0.4) is 0 Å². The number of allylic oxidation sites excluding steroid dienone is 3. The summed E-state index contributed by atoms with van der Waals surface area (Å²) in [6.45, 7) is 6.40. The van der Waals surface area contributed by atoms with E-state index in [2.05, 4.69) is 30.2 Å². The lowest BCUT2D eigenvalue weighted by Gasteiger charge is -2.11. The molecule has 0 fully saturated rings. The lowest BCUT2D eigenvalue weighted by molar-refractivity contribution is -0.141. The normalized spacial score (nSPS) is 10.9. The van der Waals surface area contributed by atoms with Gasteiger partial charge in [-0.3, -0.25) is 9.59 Å². The predicted molar refractivity (Wildman–Crippen MR) is 121 cm³/mol. The Labute approximate surface area is 184 Å². The molecule has 1 amide bonds. The van der Waals surface area contributed by atoms with Gasteiger partial charge in [0.1, 0.15) is 19.8 Å². The standard InChI is InChI=1S/C25H30N2O4/c1-19(2)9-7-10-20(3)14-16-30-23(28)17-27-25(29)24-22(13-8-15-26-24)31-18-21-11-5-4-6-12-21/h4-6,8-9,11-15H,7,10,16-18H2,1-3H3,(H,27,29)/b20-14+. The number of hydrogen-bond acceptors (Lipinski definition) is 5. The lowest BCUT2D eigenvalue weighted by Crippen LogP contribution is -2.31. The van der Waals surface area contributed by atoms with Crippen molar-refractivity contribution >= 4 is 11.9 Å². The molecule has 1 aromatic heterocycles. The van der Waals surface area contributed by atoms with Gasteiger partial charge >= 0.3 is 5.97 Å². The minimum Gasteiger partial charge on any atom is -0.486 e. The fourth-order valence-electron chi connectivity index (χ4n) is 2.67. The van der Waals surface area contributed by atoms with Crippen LogP contribution in [0.2, 0.25) is 0 Å². The van der Waals surface area contributed by atoms with Crippen LogP contribution < -0.4 is 10.1 Å². The number of benzene rings is 1. The molecule has 1 aromatic carbocycles. The average Bonchev–Trinajstić information content (AvgIpc) is 2.76. The second kappa shape index (κ2) is 13.0. The van der Waals surface area contributed by atoms with Gasteiger partial charge in [0.25, 0.3) is 5.91 Å². The summed E-state index contributed by atoms with van der Waals surface area (Å²) in [4.78, 5) is 28.5. The molecule has 0 aliphatic carbocycles. The summed E-state index contributed by atoms with van der Waals surface area (Å²) < 4.78 is 10.9. The molecule has 0 atom stereocenters. The van der Waals surface area contributed by atoms with Crippen molar-refractivity contribution in [3.63, 3.8) is 0 Å². The molecule has 164 valence electrons. The molecule has 1 N–H and O–H groups in total. The molecule has 2 rings (SSSR count). The maximum atomic E-state index is 12.5. The maximum absolute atomic E-state index is 12.5. The highest BCUT2D eigenvalue weighted by atomic mass is 16.5. The predicted octanol–water partition coefficient (Wildman–Crippen LogP) is 4.63. The molecule has 6 nitrogen and oxygen atoms in total. The molecule has 0 saturated carbocycles. The van der Waals surface area contributed by atoms with Crippen LogP contribution in [0.15, 0.2) is 72.0 Å². The number of carbonyl (C=O) groups is 2. The van der Waals surface area contributed by atoms with Gasteiger partial charge in [0.2, 0.25) is 0 Å². The van der Waals surface area contributed by atoms with Gasteiger partial charge in [-0.05, 0) is 57.4 Å². The van der Waals surface area contributed by atoms with Gasteiger partial charge in [-0.2, -0.15) is 0 Å². The summed E-state index contributed by atoms with van der Waals surface area (Å²) in [5.74, 6) is -0.648. The maximum Gasteiger partial charge on any atom is 0.325 e. The molecule has 0 aliphatic heterocycles. The van der Waals surface area contributed by atoms with Crippen molar-refractivity contribution in [2.75, 3.05) is 13.2 Å². The van der Waals surface area contributed by atoms with E-state index in [4.69, 9.17) is 9.47 Å². The van der Waals surface area contributed by atoms with Crippen LogP contribution in [0.5, 0.6) is 5.75 Å². The number of carbonyl (C=O) groups excluding carboxylic acids is 2. The van der Waals surface area contributed by atoms with Crippen molar-refractivity contribution in [2.24, 2.45) is 0 Å². The second-order valence-corrected chi connectivity index (χ2v) is 7.36. The Bertz CT molecular complexity index is 916. The summed E-state index contributed by atoms with van der Waals surface area (Å²) in [6, 6.07) is 13.0. The van der Waals surface area contributed by atoms with E-state index in [1.165, 1.54) is 11.8 Å². The van der Waals surface area contributed by atoms with Gasteiger partial charge in [0.05, 0.1) is 0 Å². The van der Waals surface area contributed by atoms with Crippen LogP contribution in [0.1, 0.15) is 49.7 Å². The third kappa shape index (κ3) is 9.30. The zero-order valence-corrected chi connectivity index (χ0v) is 18.4. The average molecular weight is 423 g/mol. The van der Waals surface area contributed by atoms with E-state index in [0.717, 1.165) is 24.0 Å². The second-order valence-electron chi connectivity index (χ2n) is 7.36. The van der Waals surface area contributed by atoms with Crippen molar-refractivity contribution in [1.29, 1.82) is 0 Å². The first-order valence-electron chi connectivity index (χ1n) is 10.3. The van der Waals surface area contributed by atoms with Crippen LogP contribution in [-0.4, -0.2) is 30.0 Å². The smallest absolute Gasteiger partial charge is 0.325 e. The first-order valence-corrected chi connectivity index (χ1v) is 10.3. The monoisotopic (exact) mass is 422 g/mol. The Morgan fingerprint density at radius 2 is 1.81 bits per heavy atom. The number of nitrogens with one attached hydrogen (secondary N) is 1. The summed E-state index contributed by atoms with van der Waals surface area (Å²) in [7, 11) is 0. The number of rotatable bonds is 11. The number of amides is 1. The Morgan fingerprint density at radius 1 is 1.03 bits per heavy atom. The number of aromatic nitrogens is 1. The first-order chi connectivity index (χ1) is 15.0. The zero-order valence-electron chi connectivity index (χ0n) is 18.4. The molecule has 2 aromatic rings. The molecule has 0 unspecified atom stereocenters. The van der Waals surface area contributed by atoms with E-state index in [-0.39, 0.29) is 18.8 Å². The molecule has 0 bridgehead atoms. The van der Waals surface area contributed by atoms with Gasteiger partial charge in [-0.25, -0.2) is 4.98 Å². The summed E-state index contributed by atoms with van der Waals surface area (Å²) >= 11 is 0. The molecule has 1 heterocycles. The highest BCUT2D eigenvalue weighted by molar-refractivity contribution is 5.96. The minimum atomic E-state index is -0.510. The Kier molecular flexibility index (Phi) is 10.0. The molecule has 31 heavy (non-hydrogen) atoms. The SMILES string of the molecule is CC(C)=CCC/C(C)=C/COC(=O)CNC(=O)c1ncccc1OCc1ccccc1. The number of hydrogen-bond donors (Lipinski definition) is 1. The van der Waals surface area contributed by atoms with E-state index in [1.807, 2.05) is 43.3 Å². The molecule has 0 spiro atoms. The molecule has 0 aliphatic rings. The van der Waals surface area contributed by atoms with E-state index in [1.54, 1.807) is 12.1 Å². The third-order valence-electron chi connectivity index (χ3n) is 4.38. The van der Waals surface area contributed by atoms with Crippen LogP contribution >= 0.6 is 0 Å². The number of nitrogens with zero attached hydrogens (tertiary/aromatic N) is 1. The molecule has 0 radical (unpaired) electrons. The Hall–Kier alpha value is -3.41. The largest absolute Gasteiger partial charge is 0.486 e. The third-order valence-corrected chi connectivity index (χ3v) is 4.38. The van der Waals surface area contributed by atoms with E-state index < -0.39 is 11.9 Å². The van der Waals surface area contributed by atoms with Crippen molar-refractivity contribution in [2.45, 2.75) is 40.2 Å². The Morgan fingerprint density at radius 3 is 2.55 bits per heavy atom. The Balaban J connectivity index is 1.79. The quantitative estimate of drug-likeness (QED) is 0.422. The van der Waals surface area contributed by atoms with E-state index >= 15 is 0 Å². The van der Waals surface area contributed by atoms with Gasteiger partial charge in [-0.1, -0.05) is 47.6 Å². The van der Waals surface area contributed by atoms with Crippen molar-refractivity contribution in [3.05, 3.63) is 83.2 Å². The van der Waals surface area contributed by atoms with Gasteiger partial charge < -0.3 is 14.8 Å². The summed E-state index contributed by atoms with van der Waals surface area (Å²) in [5.41, 5.74) is 3.55. The number of pyridine rings is 1. The van der Waals surface area contributed by atoms with Crippen LogP contribution in [0.25, 0.3) is 0 Å². The number of esters is 1. The first kappa shape index (κ1) is 23.9. The fraction of sp³-hybridized carbons (Fsp3) is 0.320. The lowest BCUT2D eigenvalue weighted by atomic mass is 10.1. The van der Waals surface area contributed by atoms with Crippen LogP contribution in [0, 0.1) is 0 Å². The van der Waals surface area contributed by atoms with Crippen LogP contribution in [0.4, 0.5) is 0 Å². The van der Waals surface area contributed by atoms with E-state index in [9.17, 15) is 9.59 Å². The highest BCUT2D eigenvalue weighted by Crippen LogP contribution is 2.17. The molecular weight excluding hydrogens is 392 g/mol. The van der Waals surface area contributed by atoms with Gasteiger partial charge in [-0.15, -0.1) is 0 Å². The minimum absolute atomic E-state index is 0.126. The van der Waals surface area contributed by atoms with E-state index in [0.29, 0.717) is 12.4 Å². The summed E-state index contributed by atoms with van der Waals surface area (Å²) in [6.07, 6.45) is 7.45. The van der Waals surface area contributed by atoms with Crippen molar-refractivity contribution in [1.82, 2.24) is 10.3 Å². The van der Waals surface area contributed by atoms with Crippen molar-refractivity contribution < 1.29 is 19.1 Å². The fourth-order valence-corrected chi connectivity index (χ4v) is 2.67. The zero-order chi connectivity index (χ0) is 22.5. The highest BCUT2D eigenvalue weighted by Gasteiger charge is 2.15. The molecule has 0 saturated heterocycles. The molecule has 6 heteroatoms. The summed E-state index contributed by atoms with van der Waals surface area (Å²) in [5, 5.41) is 2.54. The van der Waals surface area contributed by atoms with Crippen molar-refractivity contribution in [3.8, 4) is 5.75 Å². The number of ether oxygens (including phenoxy) is 2. The van der Waals surface area contributed by atoms with Gasteiger partial charge in [0, 0.05) is 6.20 Å².